The lowest BCUT2D eigenvalue weighted by atomic mass is 10.0. The molecule has 0 aromatic carbocycles. The van der Waals surface area contributed by atoms with Gasteiger partial charge in [-0.05, 0) is 51.0 Å². The number of amides is 2. The van der Waals surface area contributed by atoms with Crippen molar-refractivity contribution in [2.24, 2.45) is 0 Å². The predicted molar refractivity (Wildman–Crippen MR) is 213 cm³/mol. The minimum absolute atomic E-state index is 0.0923. The van der Waals surface area contributed by atoms with Gasteiger partial charge in [0.25, 0.3) is 0 Å². The van der Waals surface area contributed by atoms with Crippen LogP contribution in [0.1, 0.15) is 200 Å². The van der Waals surface area contributed by atoms with Gasteiger partial charge in [-0.1, -0.05) is 160 Å². The van der Waals surface area contributed by atoms with E-state index in [0.29, 0.717) is 19.3 Å². The Balaban J connectivity index is 4.22. The average molecular weight is 735 g/mol. The van der Waals surface area contributed by atoms with E-state index in [2.05, 4.69) is 48.8 Å². The SMILES string of the molecule is CCCCC/C=C\C/C=C\C(CCCCCCCCC(=O)NCC(=O)NC(CO)C(=O)O)OC(=O)CCCCCCCCCCCCCCCCC. The van der Waals surface area contributed by atoms with Crippen LogP contribution in [0.2, 0.25) is 0 Å². The fourth-order valence-electron chi connectivity index (χ4n) is 6.13. The third-order valence-electron chi connectivity index (χ3n) is 9.44. The smallest absolute Gasteiger partial charge is 0.328 e. The zero-order valence-electron chi connectivity index (χ0n) is 33.3. The van der Waals surface area contributed by atoms with Crippen LogP contribution >= 0.6 is 0 Å². The topological polar surface area (TPSA) is 142 Å². The lowest BCUT2D eigenvalue weighted by molar-refractivity contribution is -0.147. The fraction of sp³-hybridized carbons (Fsp3) is 0.814. The second-order valence-corrected chi connectivity index (χ2v) is 14.4. The molecule has 0 bridgehead atoms. The third kappa shape index (κ3) is 34.4. The summed E-state index contributed by atoms with van der Waals surface area (Å²) in [5, 5.41) is 22.5. The van der Waals surface area contributed by atoms with Gasteiger partial charge in [0.1, 0.15) is 12.1 Å². The molecule has 4 N–H and O–H groups in total. The second kappa shape index (κ2) is 38.1. The molecule has 9 heteroatoms. The Labute approximate surface area is 317 Å². The summed E-state index contributed by atoms with van der Waals surface area (Å²) >= 11 is 0. The van der Waals surface area contributed by atoms with Gasteiger partial charge in [-0.2, -0.15) is 0 Å². The van der Waals surface area contributed by atoms with Gasteiger partial charge < -0.3 is 25.6 Å². The highest BCUT2D eigenvalue weighted by Crippen LogP contribution is 2.16. The Morgan fingerprint density at radius 2 is 1.10 bits per heavy atom. The summed E-state index contributed by atoms with van der Waals surface area (Å²) in [6.07, 6.45) is 40.9. The van der Waals surface area contributed by atoms with Crippen molar-refractivity contribution in [3.8, 4) is 0 Å². The molecule has 0 fully saturated rings. The summed E-state index contributed by atoms with van der Waals surface area (Å²) in [5.74, 6) is -2.34. The molecule has 2 amide bonds. The minimum atomic E-state index is -1.38. The number of aliphatic carboxylic acids is 1. The summed E-state index contributed by atoms with van der Waals surface area (Å²) in [6, 6.07) is -1.38. The summed E-state index contributed by atoms with van der Waals surface area (Å²) in [6.45, 7) is 3.45. The van der Waals surface area contributed by atoms with E-state index in [9.17, 15) is 19.2 Å². The van der Waals surface area contributed by atoms with Crippen molar-refractivity contribution >= 4 is 23.8 Å². The van der Waals surface area contributed by atoms with Crippen LogP contribution in [-0.4, -0.2) is 59.3 Å². The van der Waals surface area contributed by atoms with Crippen LogP contribution in [0.4, 0.5) is 0 Å². The molecule has 0 rings (SSSR count). The molecule has 9 nitrogen and oxygen atoms in total. The number of carboxylic acids is 1. The van der Waals surface area contributed by atoms with E-state index in [1.54, 1.807) is 0 Å². The van der Waals surface area contributed by atoms with Gasteiger partial charge in [-0.3, -0.25) is 14.4 Å². The van der Waals surface area contributed by atoms with Crippen LogP contribution in [0.15, 0.2) is 24.3 Å². The van der Waals surface area contributed by atoms with Crippen molar-refractivity contribution in [2.45, 2.75) is 212 Å². The molecular formula is C43H78N2O7. The number of nitrogens with one attached hydrogen (secondary N) is 2. The van der Waals surface area contributed by atoms with Crippen molar-refractivity contribution in [1.82, 2.24) is 10.6 Å². The maximum atomic E-state index is 12.7. The fourth-order valence-corrected chi connectivity index (χ4v) is 6.13. The Hall–Kier alpha value is -2.68. The number of hydrogen-bond acceptors (Lipinski definition) is 6. The van der Waals surface area contributed by atoms with E-state index >= 15 is 0 Å². The van der Waals surface area contributed by atoms with Crippen LogP contribution in [-0.2, 0) is 23.9 Å². The number of ether oxygens (including phenoxy) is 1. The van der Waals surface area contributed by atoms with Gasteiger partial charge in [-0.15, -0.1) is 0 Å². The Bertz CT molecular complexity index is 936. The van der Waals surface area contributed by atoms with E-state index in [4.69, 9.17) is 14.9 Å². The molecule has 52 heavy (non-hydrogen) atoms. The number of unbranched alkanes of at least 4 members (excludes halogenated alkanes) is 22. The average Bonchev–Trinajstić information content (AvgIpc) is 3.13. The Morgan fingerprint density at radius 3 is 1.63 bits per heavy atom. The van der Waals surface area contributed by atoms with E-state index in [1.165, 1.54) is 103 Å². The number of hydrogen-bond donors (Lipinski definition) is 4. The van der Waals surface area contributed by atoms with E-state index < -0.39 is 24.5 Å². The molecule has 2 unspecified atom stereocenters. The van der Waals surface area contributed by atoms with Crippen LogP contribution in [0.25, 0.3) is 0 Å². The number of carbonyl (C=O) groups is 4. The highest BCUT2D eigenvalue weighted by molar-refractivity contribution is 5.87. The molecule has 0 aliphatic carbocycles. The minimum Gasteiger partial charge on any atom is -0.480 e. The molecule has 0 saturated carbocycles. The largest absolute Gasteiger partial charge is 0.480 e. The number of esters is 1. The first-order chi connectivity index (χ1) is 25.3. The molecule has 0 aromatic heterocycles. The predicted octanol–water partition coefficient (Wildman–Crippen LogP) is 10.0. The zero-order valence-corrected chi connectivity index (χ0v) is 33.3. The van der Waals surface area contributed by atoms with Gasteiger partial charge in [0.15, 0.2) is 0 Å². The standard InChI is InChI=1S/C43H78N2O7/c1-3-5-7-9-11-13-14-15-16-17-18-19-21-27-31-35-42(49)52-38(32-28-24-20-12-10-8-6-4-2)33-29-25-22-23-26-30-34-40(47)44-36-41(48)45-39(37-46)43(50)51/h12,20,28,32,38-39,46H,3-11,13-19,21-27,29-31,33-37H2,1-2H3,(H,44,47)(H,45,48)(H,50,51)/b20-12-,32-28-. The van der Waals surface area contributed by atoms with Crippen LogP contribution in [0, 0.1) is 0 Å². The van der Waals surface area contributed by atoms with Crippen LogP contribution in [0.5, 0.6) is 0 Å². The molecule has 0 aliphatic rings. The maximum Gasteiger partial charge on any atom is 0.328 e. The summed E-state index contributed by atoms with van der Waals surface area (Å²) in [4.78, 5) is 47.3. The summed E-state index contributed by atoms with van der Waals surface area (Å²) in [5.41, 5.74) is 0. The first-order valence-corrected chi connectivity index (χ1v) is 21.2. The first-order valence-electron chi connectivity index (χ1n) is 21.2. The molecule has 0 saturated heterocycles. The van der Waals surface area contributed by atoms with Crippen molar-refractivity contribution in [3.63, 3.8) is 0 Å². The molecule has 0 spiro atoms. The van der Waals surface area contributed by atoms with Crippen molar-refractivity contribution in [1.29, 1.82) is 0 Å². The number of carboxylic acid groups (broad SMARTS) is 1. The van der Waals surface area contributed by atoms with Gasteiger partial charge in [0.05, 0.1) is 13.2 Å². The molecule has 0 aromatic rings. The molecule has 0 aliphatic heterocycles. The Kier molecular flexibility index (Phi) is 36.1. The van der Waals surface area contributed by atoms with Gasteiger partial charge in [0, 0.05) is 12.8 Å². The highest BCUT2D eigenvalue weighted by Gasteiger charge is 2.18. The molecule has 0 radical (unpaired) electrons. The van der Waals surface area contributed by atoms with Crippen molar-refractivity contribution in [2.75, 3.05) is 13.2 Å². The summed E-state index contributed by atoms with van der Waals surface area (Å²) in [7, 11) is 0. The first kappa shape index (κ1) is 49.3. The van der Waals surface area contributed by atoms with E-state index in [0.717, 1.165) is 64.2 Å². The van der Waals surface area contributed by atoms with Crippen LogP contribution in [0.3, 0.4) is 0 Å². The molecule has 302 valence electrons. The van der Waals surface area contributed by atoms with Crippen molar-refractivity contribution < 1.29 is 34.1 Å². The monoisotopic (exact) mass is 735 g/mol. The Morgan fingerprint density at radius 1 is 0.596 bits per heavy atom. The number of carbonyl (C=O) groups excluding carboxylic acids is 3. The maximum absolute atomic E-state index is 12.7. The van der Waals surface area contributed by atoms with Gasteiger partial charge in [-0.25, -0.2) is 4.79 Å². The number of allylic oxidation sites excluding steroid dienone is 3. The number of aliphatic hydroxyl groups excluding tert-OH is 1. The number of rotatable bonds is 38. The third-order valence-corrected chi connectivity index (χ3v) is 9.44. The second-order valence-electron chi connectivity index (χ2n) is 14.4. The van der Waals surface area contributed by atoms with Crippen LogP contribution < -0.4 is 10.6 Å². The molecule has 0 heterocycles. The van der Waals surface area contributed by atoms with E-state index in [-0.39, 0.29) is 24.5 Å². The summed E-state index contributed by atoms with van der Waals surface area (Å²) < 4.78 is 5.92. The quantitative estimate of drug-likeness (QED) is 0.0281. The molecule has 2 atom stereocenters. The lowest BCUT2D eigenvalue weighted by Gasteiger charge is -2.15. The lowest BCUT2D eigenvalue weighted by Crippen LogP contribution is -2.47. The highest BCUT2D eigenvalue weighted by atomic mass is 16.5. The number of aliphatic hydroxyl groups is 1. The van der Waals surface area contributed by atoms with Gasteiger partial charge >= 0.3 is 11.9 Å². The normalized spacial score (nSPS) is 12.7. The zero-order chi connectivity index (χ0) is 38.3. The van der Waals surface area contributed by atoms with Gasteiger partial charge in [0.2, 0.25) is 11.8 Å². The van der Waals surface area contributed by atoms with E-state index in [1.807, 2.05) is 0 Å². The van der Waals surface area contributed by atoms with Crippen molar-refractivity contribution in [3.05, 3.63) is 24.3 Å². The molecular weight excluding hydrogens is 656 g/mol.